The third-order valence-electron chi connectivity index (χ3n) is 4.26. The van der Waals surface area contributed by atoms with Gasteiger partial charge < -0.3 is 4.74 Å². The molecule has 1 saturated heterocycles. The lowest BCUT2D eigenvalue weighted by atomic mass is 10.1. The van der Waals surface area contributed by atoms with Crippen LogP contribution in [0, 0.1) is 0 Å². The number of hydrogen-bond acceptors (Lipinski definition) is 5. The van der Waals surface area contributed by atoms with Crippen molar-refractivity contribution in [3.63, 3.8) is 0 Å². The van der Waals surface area contributed by atoms with E-state index in [0.29, 0.717) is 12.2 Å². The van der Waals surface area contributed by atoms with E-state index in [1.165, 1.54) is 4.88 Å². The summed E-state index contributed by atoms with van der Waals surface area (Å²) in [5.74, 6) is 1.39. The summed E-state index contributed by atoms with van der Waals surface area (Å²) in [5, 5.41) is 0. The third-order valence-corrected chi connectivity index (χ3v) is 7.62. The largest absolute Gasteiger partial charge is 0.497 e. The van der Waals surface area contributed by atoms with Crippen LogP contribution in [-0.2, 0) is 22.9 Å². The van der Waals surface area contributed by atoms with Crippen LogP contribution in [0.5, 0.6) is 5.75 Å². The summed E-state index contributed by atoms with van der Waals surface area (Å²) in [5.41, 5.74) is 1.16. The van der Waals surface area contributed by atoms with E-state index in [0.717, 1.165) is 28.2 Å². The van der Waals surface area contributed by atoms with Gasteiger partial charge in [-0.2, -0.15) is 0 Å². The Bertz CT molecular complexity index is 786. The fraction of sp³-hybridized carbons (Fsp3) is 0.412. The molecule has 0 N–H and O–H groups in total. The van der Waals surface area contributed by atoms with Gasteiger partial charge in [0.05, 0.1) is 22.4 Å². The molecule has 130 valence electrons. The predicted octanol–water partition coefficient (Wildman–Crippen LogP) is 3.71. The molecule has 2 aromatic rings. The van der Waals surface area contributed by atoms with Crippen LogP contribution in [0.15, 0.2) is 40.2 Å². The van der Waals surface area contributed by atoms with Crippen LogP contribution >= 0.6 is 27.3 Å². The monoisotopic (exact) mass is 429 g/mol. The van der Waals surface area contributed by atoms with Crippen molar-refractivity contribution < 1.29 is 13.2 Å². The fourth-order valence-corrected chi connectivity index (χ4v) is 6.25. The van der Waals surface area contributed by atoms with Crippen LogP contribution in [-0.4, -0.2) is 38.0 Å². The minimum Gasteiger partial charge on any atom is -0.497 e. The van der Waals surface area contributed by atoms with E-state index in [1.807, 2.05) is 30.3 Å². The summed E-state index contributed by atoms with van der Waals surface area (Å²) in [6, 6.07) is 12.2. The highest BCUT2D eigenvalue weighted by atomic mass is 79.9. The van der Waals surface area contributed by atoms with Crippen LogP contribution in [0.2, 0.25) is 0 Å². The lowest BCUT2D eigenvalue weighted by Crippen LogP contribution is -2.35. The average molecular weight is 430 g/mol. The molecule has 1 aromatic heterocycles. The number of hydrogen-bond donors (Lipinski definition) is 0. The minimum atomic E-state index is -2.90. The molecule has 24 heavy (non-hydrogen) atoms. The summed E-state index contributed by atoms with van der Waals surface area (Å²) in [7, 11) is -1.25. The number of methoxy groups -OCH3 is 1. The van der Waals surface area contributed by atoms with Crippen molar-refractivity contribution in [1.82, 2.24) is 4.90 Å². The van der Waals surface area contributed by atoms with Gasteiger partial charge in [0.2, 0.25) is 0 Å². The molecule has 1 aliphatic rings. The molecule has 1 atom stereocenters. The second-order valence-electron chi connectivity index (χ2n) is 6.02. The van der Waals surface area contributed by atoms with Gasteiger partial charge in [-0.05, 0) is 52.2 Å². The molecule has 0 radical (unpaired) electrons. The molecule has 0 amide bonds. The summed E-state index contributed by atoms with van der Waals surface area (Å²) >= 11 is 5.19. The number of benzene rings is 1. The van der Waals surface area contributed by atoms with Crippen molar-refractivity contribution in [2.24, 2.45) is 0 Å². The van der Waals surface area contributed by atoms with Crippen molar-refractivity contribution in [3.05, 3.63) is 50.6 Å². The van der Waals surface area contributed by atoms with Crippen molar-refractivity contribution >= 4 is 37.1 Å². The first-order valence-electron chi connectivity index (χ1n) is 7.77. The smallest absolute Gasteiger partial charge is 0.151 e. The second kappa shape index (κ2) is 7.56. The molecule has 1 fully saturated rings. The number of halogens is 1. The quantitative estimate of drug-likeness (QED) is 0.701. The maximum absolute atomic E-state index is 11.9. The SMILES string of the molecule is COc1ccc(CN(Cc2ccc(Br)s2)C2CCS(=O)(=O)C2)cc1. The molecular weight excluding hydrogens is 410 g/mol. The van der Waals surface area contributed by atoms with E-state index < -0.39 is 9.84 Å². The number of thiophene rings is 1. The Morgan fingerprint density at radius 3 is 2.50 bits per heavy atom. The Balaban J connectivity index is 1.78. The summed E-state index contributed by atoms with van der Waals surface area (Å²) < 4.78 is 30.1. The van der Waals surface area contributed by atoms with E-state index in [1.54, 1.807) is 18.4 Å². The van der Waals surface area contributed by atoms with Crippen LogP contribution in [0.25, 0.3) is 0 Å². The van der Waals surface area contributed by atoms with Crippen LogP contribution in [0.4, 0.5) is 0 Å². The third kappa shape index (κ3) is 4.59. The Kier molecular flexibility index (Phi) is 5.64. The zero-order valence-electron chi connectivity index (χ0n) is 13.4. The fourth-order valence-electron chi connectivity index (χ4n) is 2.98. The molecule has 2 heterocycles. The van der Waals surface area contributed by atoms with E-state index in [4.69, 9.17) is 4.74 Å². The van der Waals surface area contributed by atoms with E-state index in [-0.39, 0.29) is 11.8 Å². The highest BCUT2D eigenvalue weighted by Gasteiger charge is 2.32. The number of ether oxygens (including phenoxy) is 1. The Hall–Kier alpha value is -0.890. The summed E-state index contributed by atoms with van der Waals surface area (Å²) in [6.45, 7) is 1.50. The van der Waals surface area contributed by atoms with Crippen LogP contribution in [0.1, 0.15) is 16.9 Å². The van der Waals surface area contributed by atoms with Crippen molar-refractivity contribution in [2.45, 2.75) is 25.6 Å². The molecule has 0 aliphatic carbocycles. The molecule has 1 unspecified atom stereocenters. The van der Waals surface area contributed by atoms with Crippen LogP contribution < -0.4 is 4.74 Å². The first-order valence-corrected chi connectivity index (χ1v) is 11.2. The van der Waals surface area contributed by atoms with E-state index >= 15 is 0 Å². The molecule has 0 bridgehead atoms. The van der Waals surface area contributed by atoms with Gasteiger partial charge in [-0.15, -0.1) is 11.3 Å². The van der Waals surface area contributed by atoms with Gasteiger partial charge in [0.15, 0.2) is 9.84 Å². The summed E-state index contributed by atoms with van der Waals surface area (Å²) in [4.78, 5) is 3.52. The van der Waals surface area contributed by atoms with E-state index in [2.05, 4.69) is 26.9 Å². The summed E-state index contributed by atoms with van der Waals surface area (Å²) in [6.07, 6.45) is 0.713. The molecule has 4 nitrogen and oxygen atoms in total. The topological polar surface area (TPSA) is 46.6 Å². The lowest BCUT2D eigenvalue weighted by molar-refractivity contribution is 0.196. The van der Waals surface area contributed by atoms with Gasteiger partial charge in [-0.3, -0.25) is 4.90 Å². The van der Waals surface area contributed by atoms with Crippen LogP contribution in [0.3, 0.4) is 0 Å². The molecular formula is C17H20BrNO3S2. The standard InChI is InChI=1S/C17H20BrNO3S2/c1-22-15-4-2-13(3-5-15)10-19(11-16-6-7-17(18)23-16)14-8-9-24(20,21)12-14/h2-7,14H,8-12H2,1H3. The van der Waals surface area contributed by atoms with Gasteiger partial charge >= 0.3 is 0 Å². The first-order chi connectivity index (χ1) is 11.4. The van der Waals surface area contributed by atoms with Gasteiger partial charge in [-0.1, -0.05) is 12.1 Å². The minimum absolute atomic E-state index is 0.0815. The zero-order valence-corrected chi connectivity index (χ0v) is 16.7. The van der Waals surface area contributed by atoms with Gasteiger partial charge in [-0.25, -0.2) is 8.42 Å². The molecule has 7 heteroatoms. The van der Waals surface area contributed by atoms with Crippen molar-refractivity contribution in [1.29, 1.82) is 0 Å². The Labute approximate surface area is 155 Å². The predicted molar refractivity (Wildman–Crippen MR) is 101 cm³/mol. The maximum Gasteiger partial charge on any atom is 0.151 e. The molecule has 1 aliphatic heterocycles. The van der Waals surface area contributed by atoms with Gasteiger partial charge in [0.1, 0.15) is 5.75 Å². The normalized spacial score (nSPS) is 19.7. The van der Waals surface area contributed by atoms with Gasteiger partial charge in [0.25, 0.3) is 0 Å². The average Bonchev–Trinajstić information content (AvgIpc) is 3.12. The Morgan fingerprint density at radius 1 is 1.21 bits per heavy atom. The lowest BCUT2D eigenvalue weighted by Gasteiger charge is -2.27. The molecule has 0 spiro atoms. The van der Waals surface area contributed by atoms with Gasteiger partial charge in [0, 0.05) is 24.0 Å². The molecule has 0 saturated carbocycles. The highest BCUT2D eigenvalue weighted by Crippen LogP contribution is 2.27. The van der Waals surface area contributed by atoms with E-state index in [9.17, 15) is 8.42 Å². The number of rotatable bonds is 6. The molecule has 3 rings (SSSR count). The van der Waals surface area contributed by atoms with Crippen molar-refractivity contribution in [3.8, 4) is 5.75 Å². The number of nitrogens with zero attached hydrogens (tertiary/aromatic N) is 1. The zero-order chi connectivity index (χ0) is 17.2. The molecule has 1 aromatic carbocycles. The maximum atomic E-state index is 11.9. The second-order valence-corrected chi connectivity index (χ2v) is 10.8. The first kappa shape index (κ1) is 17.9. The number of sulfone groups is 1. The Morgan fingerprint density at radius 2 is 1.96 bits per heavy atom. The highest BCUT2D eigenvalue weighted by molar-refractivity contribution is 9.11. The van der Waals surface area contributed by atoms with Crippen molar-refractivity contribution in [2.75, 3.05) is 18.6 Å².